The Morgan fingerprint density at radius 2 is 2.23 bits per heavy atom. The first kappa shape index (κ1) is 7.86. The molecule has 2 aliphatic heterocycles. The molecule has 2 rings (SSSR count). The number of allylic oxidation sites excluding steroid dienone is 5. The van der Waals surface area contributed by atoms with Crippen molar-refractivity contribution in [2.75, 3.05) is 6.54 Å². The van der Waals surface area contributed by atoms with Gasteiger partial charge in [0.25, 0.3) is 0 Å². The molecule has 0 unspecified atom stereocenters. The number of carboxylic acids is 1. The molecule has 2 aliphatic rings. The highest BCUT2D eigenvalue weighted by atomic mass is 16.4. The van der Waals surface area contributed by atoms with Crippen LogP contribution in [0.15, 0.2) is 47.9 Å². The number of nitrogens with zero attached hydrogens (tertiary/aromatic N) is 1. The maximum absolute atomic E-state index is 10.8. The van der Waals surface area contributed by atoms with Crippen LogP contribution in [0, 0.1) is 0 Å². The topological polar surface area (TPSA) is 40.5 Å². The molecule has 0 bridgehead atoms. The van der Waals surface area contributed by atoms with E-state index in [2.05, 4.69) is 0 Å². The molecule has 3 heteroatoms. The fourth-order valence-corrected chi connectivity index (χ4v) is 1.43. The number of aliphatic carboxylic acids is 1. The van der Waals surface area contributed by atoms with Crippen molar-refractivity contribution in [1.82, 2.24) is 4.90 Å². The van der Waals surface area contributed by atoms with Crippen LogP contribution in [-0.2, 0) is 4.79 Å². The molecule has 0 saturated heterocycles. The van der Waals surface area contributed by atoms with Crippen LogP contribution in [0.1, 0.15) is 0 Å². The highest BCUT2D eigenvalue weighted by Crippen LogP contribution is 2.21. The van der Waals surface area contributed by atoms with Gasteiger partial charge in [-0.2, -0.15) is 0 Å². The zero-order chi connectivity index (χ0) is 9.26. The molecule has 66 valence electrons. The number of fused-ring (bicyclic) bond motifs is 1. The van der Waals surface area contributed by atoms with Gasteiger partial charge in [-0.25, -0.2) is 4.79 Å². The first-order valence-electron chi connectivity index (χ1n) is 4.05. The highest BCUT2D eigenvalue weighted by Gasteiger charge is 2.20. The molecular weight excluding hydrogens is 166 g/mol. The fraction of sp³-hybridized carbons (Fsp3) is 0.100. The Morgan fingerprint density at radius 3 is 3.00 bits per heavy atom. The first-order chi connectivity index (χ1) is 6.29. The highest BCUT2D eigenvalue weighted by molar-refractivity contribution is 5.87. The summed E-state index contributed by atoms with van der Waals surface area (Å²) in [4.78, 5) is 12.6. The third-order valence-corrected chi connectivity index (χ3v) is 2.03. The summed E-state index contributed by atoms with van der Waals surface area (Å²) in [5.74, 6) is -0.884. The predicted molar refractivity (Wildman–Crippen MR) is 48.8 cm³/mol. The summed E-state index contributed by atoms with van der Waals surface area (Å²) in [7, 11) is 0. The molecule has 0 saturated carbocycles. The van der Waals surface area contributed by atoms with Crippen LogP contribution in [0.4, 0.5) is 0 Å². The van der Waals surface area contributed by atoms with E-state index in [9.17, 15) is 4.79 Å². The minimum Gasteiger partial charge on any atom is -0.477 e. The van der Waals surface area contributed by atoms with E-state index >= 15 is 0 Å². The van der Waals surface area contributed by atoms with Crippen molar-refractivity contribution < 1.29 is 9.90 Å². The standard InChI is InChI=1S/C10H9NO2/c12-10(13)9-6-3-5-8-4-1-2-7-11(8)9/h1-6H,7H2,(H,12,13). The lowest BCUT2D eigenvalue weighted by Crippen LogP contribution is -2.29. The molecule has 13 heavy (non-hydrogen) atoms. The predicted octanol–water partition coefficient (Wildman–Crippen LogP) is 1.28. The Hall–Kier alpha value is -1.77. The fourth-order valence-electron chi connectivity index (χ4n) is 1.43. The van der Waals surface area contributed by atoms with E-state index in [1.165, 1.54) is 0 Å². The van der Waals surface area contributed by atoms with Crippen molar-refractivity contribution >= 4 is 5.97 Å². The Labute approximate surface area is 76.0 Å². The van der Waals surface area contributed by atoms with Gasteiger partial charge in [-0.05, 0) is 18.2 Å². The van der Waals surface area contributed by atoms with Gasteiger partial charge in [0.1, 0.15) is 5.70 Å². The lowest BCUT2D eigenvalue weighted by molar-refractivity contribution is -0.134. The van der Waals surface area contributed by atoms with E-state index in [1.807, 2.05) is 24.3 Å². The van der Waals surface area contributed by atoms with Crippen molar-refractivity contribution in [1.29, 1.82) is 0 Å². The quantitative estimate of drug-likeness (QED) is 0.652. The largest absolute Gasteiger partial charge is 0.477 e. The average Bonchev–Trinajstić information content (AvgIpc) is 2.17. The third-order valence-electron chi connectivity index (χ3n) is 2.03. The van der Waals surface area contributed by atoms with Crippen molar-refractivity contribution in [2.45, 2.75) is 0 Å². The van der Waals surface area contributed by atoms with E-state index in [1.54, 1.807) is 17.1 Å². The molecule has 0 radical (unpaired) electrons. The van der Waals surface area contributed by atoms with E-state index in [0.29, 0.717) is 12.2 Å². The number of hydrogen-bond donors (Lipinski definition) is 1. The second kappa shape index (κ2) is 2.94. The molecule has 0 fully saturated rings. The summed E-state index contributed by atoms with van der Waals surface area (Å²) >= 11 is 0. The van der Waals surface area contributed by atoms with E-state index in [-0.39, 0.29) is 0 Å². The smallest absolute Gasteiger partial charge is 0.352 e. The molecule has 0 amide bonds. The van der Waals surface area contributed by atoms with Crippen molar-refractivity contribution in [3.8, 4) is 0 Å². The van der Waals surface area contributed by atoms with Crippen LogP contribution in [-0.4, -0.2) is 22.5 Å². The summed E-state index contributed by atoms with van der Waals surface area (Å²) < 4.78 is 0. The van der Waals surface area contributed by atoms with E-state index in [0.717, 1.165) is 5.70 Å². The van der Waals surface area contributed by atoms with Gasteiger partial charge in [0.2, 0.25) is 0 Å². The minimum absolute atomic E-state index is 0.332. The Kier molecular flexibility index (Phi) is 1.77. The molecule has 0 aromatic carbocycles. The van der Waals surface area contributed by atoms with Crippen LogP contribution in [0.3, 0.4) is 0 Å². The van der Waals surface area contributed by atoms with Crippen LogP contribution in [0.5, 0.6) is 0 Å². The van der Waals surface area contributed by atoms with Crippen LogP contribution in [0.2, 0.25) is 0 Å². The maximum atomic E-state index is 10.8. The minimum atomic E-state index is -0.884. The van der Waals surface area contributed by atoms with Gasteiger partial charge >= 0.3 is 5.97 Å². The molecule has 1 N–H and O–H groups in total. The third kappa shape index (κ3) is 1.28. The zero-order valence-electron chi connectivity index (χ0n) is 6.97. The normalized spacial score (nSPS) is 19.2. The van der Waals surface area contributed by atoms with Crippen LogP contribution >= 0.6 is 0 Å². The lowest BCUT2D eigenvalue weighted by Gasteiger charge is -2.28. The van der Waals surface area contributed by atoms with Gasteiger partial charge in [-0.1, -0.05) is 18.2 Å². The summed E-state index contributed by atoms with van der Waals surface area (Å²) in [6, 6.07) is 0. The Balaban J connectivity index is 2.37. The summed E-state index contributed by atoms with van der Waals surface area (Å²) in [5, 5.41) is 8.88. The van der Waals surface area contributed by atoms with Crippen LogP contribution in [0.25, 0.3) is 0 Å². The van der Waals surface area contributed by atoms with E-state index < -0.39 is 5.97 Å². The molecule has 0 aromatic rings. The van der Waals surface area contributed by atoms with Gasteiger partial charge in [-0.15, -0.1) is 0 Å². The van der Waals surface area contributed by atoms with Crippen molar-refractivity contribution in [2.24, 2.45) is 0 Å². The SMILES string of the molecule is O=C(O)C1=CC=CC2=CC=CCN21. The number of rotatable bonds is 1. The van der Waals surface area contributed by atoms with Gasteiger partial charge in [0, 0.05) is 12.2 Å². The number of carbonyl (C=O) groups is 1. The average molecular weight is 175 g/mol. The monoisotopic (exact) mass is 175 g/mol. The lowest BCUT2D eigenvalue weighted by atomic mass is 10.1. The van der Waals surface area contributed by atoms with Crippen molar-refractivity contribution in [3.05, 3.63) is 47.9 Å². The molecule has 0 aromatic heterocycles. The van der Waals surface area contributed by atoms with Gasteiger partial charge in [0.15, 0.2) is 0 Å². The molecule has 2 heterocycles. The Bertz CT molecular complexity index is 361. The molecule has 0 atom stereocenters. The van der Waals surface area contributed by atoms with Gasteiger partial charge in [-0.3, -0.25) is 0 Å². The van der Waals surface area contributed by atoms with E-state index in [4.69, 9.17) is 5.11 Å². The number of carboxylic acid groups (broad SMARTS) is 1. The van der Waals surface area contributed by atoms with Crippen LogP contribution < -0.4 is 0 Å². The van der Waals surface area contributed by atoms with Gasteiger partial charge < -0.3 is 10.0 Å². The maximum Gasteiger partial charge on any atom is 0.352 e. The molecule has 0 spiro atoms. The summed E-state index contributed by atoms with van der Waals surface area (Å²) in [5.41, 5.74) is 1.26. The summed E-state index contributed by atoms with van der Waals surface area (Å²) in [6.07, 6.45) is 11.0. The zero-order valence-corrected chi connectivity index (χ0v) is 6.97. The first-order valence-corrected chi connectivity index (χ1v) is 4.05. The second-order valence-corrected chi connectivity index (χ2v) is 2.85. The number of hydrogen-bond acceptors (Lipinski definition) is 2. The van der Waals surface area contributed by atoms with Gasteiger partial charge in [0.05, 0.1) is 0 Å². The molecule has 3 nitrogen and oxygen atoms in total. The van der Waals surface area contributed by atoms with Crippen molar-refractivity contribution in [3.63, 3.8) is 0 Å². The Morgan fingerprint density at radius 1 is 1.38 bits per heavy atom. The summed E-state index contributed by atoms with van der Waals surface area (Å²) in [6.45, 7) is 0.633. The molecular formula is C10H9NO2. The second-order valence-electron chi connectivity index (χ2n) is 2.85. The molecule has 0 aliphatic carbocycles.